The molecule has 28 heavy (non-hydrogen) atoms. The molecule has 1 aliphatic heterocycles. The Balaban J connectivity index is 1.56. The Morgan fingerprint density at radius 2 is 1.75 bits per heavy atom. The third-order valence-corrected chi connectivity index (χ3v) is 4.80. The van der Waals surface area contributed by atoms with Crippen LogP contribution >= 0.6 is 0 Å². The van der Waals surface area contributed by atoms with Crippen molar-refractivity contribution in [1.29, 1.82) is 0 Å². The van der Waals surface area contributed by atoms with Crippen molar-refractivity contribution in [2.75, 3.05) is 32.8 Å². The molecular formula is C21H23F3N2O2. The summed E-state index contributed by atoms with van der Waals surface area (Å²) in [5.41, 5.74) is 2.86. The lowest BCUT2D eigenvalue weighted by Gasteiger charge is -2.35. The van der Waals surface area contributed by atoms with Crippen molar-refractivity contribution >= 4 is 5.91 Å². The highest BCUT2D eigenvalue weighted by Crippen LogP contribution is 2.21. The molecule has 0 bridgehead atoms. The molecule has 0 radical (unpaired) electrons. The third kappa shape index (κ3) is 5.48. The summed E-state index contributed by atoms with van der Waals surface area (Å²) in [5, 5.41) is 0. The predicted molar refractivity (Wildman–Crippen MR) is 100 cm³/mol. The number of benzene rings is 2. The summed E-state index contributed by atoms with van der Waals surface area (Å²) >= 11 is 0. The molecule has 0 aliphatic carbocycles. The van der Waals surface area contributed by atoms with Crippen molar-refractivity contribution in [1.82, 2.24) is 9.80 Å². The molecule has 3 rings (SSSR count). The molecule has 4 nitrogen and oxygen atoms in total. The average molecular weight is 392 g/mol. The van der Waals surface area contributed by atoms with Crippen LogP contribution in [-0.4, -0.2) is 54.7 Å². The van der Waals surface area contributed by atoms with E-state index in [1.165, 1.54) is 29.3 Å². The van der Waals surface area contributed by atoms with Crippen LogP contribution in [0.2, 0.25) is 0 Å². The van der Waals surface area contributed by atoms with E-state index in [9.17, 15) is 18.0 Å². The van der Waals surface area contributed by atoms with Crippen LogP contribution in [0.5, 0.6) is 5.75 Å². The standard InChI is InChI=1S/C21H23F3N2O2/c1-16-5-2-3-6-18(16)14-25-9-11-26(12-10-25)20(27)17-7-4-8-19(13-17)28-15-21(22,23)24/h2-8,13H,9-12,14-15H2,1H3. The first-order valence-corrected chi connectivity index (χ1v) is 9.17. The predicted octanol–water partition coefficient (Wildman–Crippen LogP) is 3.89. The first kappa shape index (κ1) is 20.2. The highest BCUT2D eigenvalue weighted by molar-refractivity contribution is 5.94. The van der Waals surface area contributed by atoms with Crippen molar-refractivity contribution in [3.05, 3.63) is 65.2 Å². The number of piperazine rings is 1. The number of ether oxygens (including phenoxy) is 1. The summed E-state index contributed by atoms with van der Waals surface area (Å²) in [7, 11) is 0. The molecule has 1 aliphatic rings. The number of carbonyl (C=O) groups is 1. The average Bonchev–Trinajstić information content (AvgIpc) is 2.68. The minimum atomic E-state index is -4.41. The van der Waals surface area contributed by atoms with Crippen molar-refractivity contribution in [3.8, 4) is 5.75 Å². The van der Waals surface area contributed by atoms with Crippen LogP contribution in [-0.2, 0) is 6.54 Å². The van der Waals surface area contributed by atoms with E-state index in [0.717, 1.165) is 19.6 Å². The molecule has 2 aromatic rings. The van der Waals surface area contributed by atoms with E-state index in [1.807, 2.05) is 12.1 Å². The van der Waals surface area contributed by atoms with Gasteiger partial charge in [0.25, 0.3) is 5.91 Å². The van der Waals surface area contributed by atoms with Crippen molar-refractivity contribution in [3.63, 3.8) is 0 Å². The van der Waals surface area contributed by atoms with Gasteiger partial charge in [-0.25, -0.2) is 0 Å². The highest BCUT2D eigenvalue weighted by Gasteiger charge is 2.28. The zero-order chi connectivity index (χ0) is 20.1. The van der Waals surface area contributed by atoms with E-state index in [2.05, 4.69) is 24.0 Å². The van der Waals surface area contributed by atoms with Crippen molar-refractivity contribution < 1.29 is 22.7 Å². The SMILES string of the molecule is Cc1ccccc1CN1CCN(C(=O)c2cccc(OCC(F)(F)F)c2)CC1. The minimum Gasteiger partial charge on any atom is -0.484 e. The molecule has 7 heteroatoms. The zero-order valence-electron chi connectivity index (χ0n) is 15.7. The van der Waals surface area contributed by atoms with Crippen LogP contribution in [0.1, 0.15) is 21.5 Å². The Kier molecular flexibility index (Phi) is 6.24. The van der Waals surface area contributed by atoms with E-state index in [-0.39, 0.29) is 11.7 Å². The molecular weight excluding hydrogens is 369 g/mol. The molecule has 0 aromatic heterocycles. The second-order valence-corrected chi connectivity index (χ2v) is 6.93. The number of hydrogen-bond donors (Lipinski definition) is 0. The van der Waals surface area contributed by atoms with E-state index in [0.29, 0.717) is 18.7 Å². The second-order valence-electron chi connectivity index (χ2n) is 6.93. The topological polar surface area (TPSA) is 32.8 Å². The minimum absolute atomic E-state index is 0.0429. The molecule has 1 heterocycles. The van der Waals surface area contributed by atoms with Gasteiger partial charge in [-0.3, -0.25) is 9.69 Å². The van der Waals surface area contributed by atoms with E-state index in [4.69, 9.17) is 4.74 Å². The van der Waals surface area contributed by atoms with E-state index in [1.54, 1.807) is 11.0 Å². The summed E-state index contributed by atoms with van der Waals surface area (Å²) < 4.78 is 41.7. The maximum atomic E-state index is 12.7. The number of alkyl halides is 3. The number of amides is 1. The first-order chi connectivity index (χ1) is 13.3. The maximum Gasteiger partial charge on any atom is 0.422 e. The molecule has 0 atom stereocenters. The van der Waals surface area contributed by atoms with Crippen molar-refractivity contribution in [2.24, 2.45) is 0 Å². The number of nitrogens with zero attached hydrogens (tertiary/aromatic N) is 2. The summed E-state index contributed by atoms with van der Waals surface area (Å²) in [6.07, 6.45) is -4.41. The molecule has 150 valence electrons. The number of hydrogen-bond acceptors (Lipinski definition) is 3. The van der Waals surface area contributed by atoms with Gasteiger partial charge in [0.2, 0.25) is 0 Å². The van der Waals surface area contributed by atoms with Crippen LogP contribution in [0.15, 0.2) is 48.5 Å². The van der Waals surface area contributed by atoms with Gasteiger partial charge in [-0.15, -0.1) is 0 Å². The molecule has 1 saturated heterocycles. The van der Waals surface area contributed by atoms with Gasteiger partial charge in [0.15, 0.2) is 6.61 Å². The molecule has 2 aromatic carbocycles. The Morgan fingerprint density at radius 3 is 2.43 bits per heavy atom. The van der Waals surface area contributed by atoms with Crippen LogP contribution in [0.25, 0.3) is 0 Å². The second kappa shape index (κ2) is 8.65. The number of carbonyl (C=O) groups excluding carboxylic acids is 1. The lowest BCUT2D eigenvalue weighted by atomic mass is 10.1. The third-order valence-electron chi connectivity index (χ3n) is 4.80. The summed E-state index contributed by atoms with van der Waals surface area (Å²) in [4.78, 5) is 16.7. The quantitative estimate of drug-likeness (QED) is 0.774. The molecule has 0 N–H and O–H groups in total. The molecule has 0 spiro atoms. The normalized spacial score (nSPS) is 15.5. The number of halogens is 3. The Labute approximate surface area is 162 Å². The van der Waals surface area contributed by atoms with E-state index < -0.39 is 12.8 Å². The van der Waals surface area contributed by atoms with E-state index >= 15 is 0 Å². The first-order valence-electron chi connectivity index (χ1n) is 9.17. The summed E-state index contributed by atoms with van der Waals surface area (Å²) in [6.45, 7) is 4.23. The fourth-order valence-electron chi connectivity index (χ4n) is 3.20. The molecule has 0 saturated carbocycles. The van der Waals surface area contributed by atoms with Gasteiger partial charge in [0.05, 0.1) is 0 Å². The maximum absolute atomic E-state index is 12.7. The largest absolute Gasteiger partial charge is 0.484 e. The van der Waals surface area contributed by atoms with Crippen LogP contribution in [0.3, 0.4) is 0 Å². The highest BCUT2D eigenvalue weighted by atomic mass is 19.4. The van der Waals surface area contributed by atoms with Crippen LogP contribution in [0, 0.1) is 6.92 Å². The molecule has 1 amide bonds. The van der Waals surface area contributed by atoms with Gasteiger partial charge in [-0.05, 0) is 36.2 Å². The van der Waals surface area contributed by atoms with Crippen LogP contribution < -0.4 is 4.74 Å². The van der Waals surface area contributed by atoms with Gasteiger partial charge >= 0.3 is 6.18 Å². The van der Waals surface area contributed by atoms with Gasteiger partial charge in [0, 0.05) is 38.3 Å². The molecule has 1 fully saturated rings. The van der Waals surface area contributed by atoms with Gasteiger partial charge in [-0.1, -0.05) is 30.3 Å². The summed E-state index contributed by atoms with van der Waals surface area (Å²) in [5.74, 6) is -0.144. The lowest BCUT2D eigenvalue weighted by molar-refractivity contribution is -0.153. The van der Waals surface area contributed by atoms with Gasteiger partial charge < -0.3 is 9.64 Å². The van der Waals surface area contributed by atoms with Crippen molar-refractivity contribution in [2.45, 2.75) is 19.6 Å². The fourth-order valence-corrected chi connectivity index (χ4v) is 3.20. The Hall–Kier alpha value is -2.54. The Morgan fingerprint density at radius 1 is 1.04 bits per heavy atom. The fraction of sp³-hybridized carbons (Fsp3) is 0.381. The van der Waals surface area contributed by atoms with Gasteiger partial charge in [0.1, 0.15) is 5.75 Å². The number of rotatable bonds is 5. The smallest absolute Gasteiger partial charge is 0.422 e. The monoisotopic (exact) mass is 392 g/mol. The summed E-state index contributed by atoms with van der Waals surface area (Å²) in [6, 6.07) is 14.2. The number of aryl methyl sites for hydroxylation is 1. The Bertz CT molecular complexity index is 815. The van der Waals surface area contributed by atoms with Crippen LogP contribution in [0.4, 0.5) is 13.2 Å². The van der Waals surface area contributed by atoms with Gasteiger partial charge in [-0.2, -0.15) is 13.2 Å². The molecule has 0 unspecified atom stereocenters. The zero-order valence-corrected chi connectivity index (χ0v) is 15.7. The lowest BCUT2D eigenvalue weighted by Crippen LogP contribution is -2.48.